The molecule has 3 heterocycles. The molecule has 1 aliphatic rings. The maximum atomic E-state index is 14.7. The van der Waals surface area contributed by atoms with Crippen molar-refractivity contribution < 1.29 is 27.1 Å². The van der Waals surface area contributed by atoms with E-state index in [1.807, 2.05) is 0 Å². The Balaban J connectivity index is 1.73. The molecule has 2 aromatic heterocycles. The van der Waals surface area contributed by atoms with E-state index in [4.69, 9.17) is 4.74 Å². The SMILES string of the molecule is C=Cc1ccnc2c1c(C1CN(C(=O)OC(C)(C)C)C1)nn2-c1ccc(C(F)(F)F)cc1F. The van der Waals surface area contributed by atoms with E-state index < -0.39 is 29.3 Å². The third-order valence-corrected chi connectivity index (χ3v) is 5.27. The van der Waals surface area contributed by atoms with Crippen LogP contribution in [0.3, 0.4) is 0 Å². The molecule has 0 bridgehead atoms. The van der Waals surface area contributed by atoms with Gasteiger partial charge in [0.15, 0.2) is 5.65 Å². The smallest absolute Gasteiger partial charge is 0.416 e. The number of halogens is 4. The molecule has 1 fully saturated rings. The lowest BCUT2D eigenvalue weighted by molar-refractivity contribution is -0.137. The van der Waals surface area contributed by atoms with E-state index in [2.05, 4.69) is 16.7 Å². The van der Waals surface area contributed by atoms with Gasteiger partial charge in [-0.25, -0.2) is 18.9 Å². The van der Waals surface area contributed by atoms with Gasteiger partial charge in [-0.3, -0.25) is 0 Å². The molecule has 6 nitrogen and oxygen atoms in total. The lowest BCUT2D eigenvalue weighted by atomic mass is 9.93. The molecule has 0 aliphatic carbocycles. The predicted molar refractivity (Wildman–Crippen MR) is 114 cm³/mol. The molecule has 0 radical (unpaired) electrons. The van der Waals surface area contributed by atoms with Gasteiger partial charge in [-0.1, -0.05) is 12.7 Å². The second-order valence-electron chi connectivity index (χ2n) is 8.85. The molecule has 10 heteroatoms. The summed E-state index contributed by atoms with van der Waals surface area (Å²) in [6.07, 6.45) is -2.01. The van der Waals surface area contributed by atoms with Gasteiger partial charge in [0.05, 0.1) is 16.6 Å². The van der Waals surface area contributed by atoms with Crippen LogP contribution >= 0.6 is 0 Å². The molecule has 174 valence electrons. The van der Waals surface area contributed by atoms with E-state index in [-0.39, 0.29) is 17.3 Å². The predicted octanol–water partition coefficient (Wildman–Crippen LogP) is 5.56. The molecule has 1 amide bonds. The van der Waals surface area contributed by atoms with Gasteiger partial charge in [-0.15, -0.1) is 0 Å². The number of rotatable bonds is 3. The number of hydrogen-bond donors (Lipinski definition) is 0. The highest BCUT2D eigenvalue weighted by Crippen LogP contribution is 2.36. The molecular formula is C23H22F4N4O2. The van der Waals surface area contributed by atoms with Gasteiger partial charge in [-0.2, -0.15) is 18.3 Å². The number of alkyl halides is 3. The summed E-state index contributed by atoms with van der Waals surface area (Å²) >= 11 is 0. The van der Waals surface area contributed by atoms with Gasteiger partial charge < -0.3 is 9.64 Å². The third-order valence-electron chi connectivity index (χ3n) is 5.27. The van der Waals surface area contributed by atoms with Crippen LogP contribution in [0, 0.1) is 5.82 Å². The van der Waals surface area contributed by atoms with Gasteiger partial charge in [0.2, 0.25) is 0 Å². The number of nitrogens with zero attached hydrogens (tertiary/aromatic N) is 4. The molecule has 0 N–H and O–H groups in total. The Morgan fingerprint density at radius 3 is 2.48 bits per heavy atom. The van der Waals surface area contributed by atoms with Crippen LogP contribution in [-0.2, 0) is 10.9 Å². The highest BCUT2D eigenvalue weighted by atomic mass is 19.4. The molecular weight excluding hydrogens is 440 g/mol. The van der Waals surface area contributed by atoms with E-state index in [9.17, 15) is 22.4 Å². The van der Waals surface area contributed by atoms with Crippen LogP contribution in [0.25, 0.3) is 22.8 Å². The van der Waals surface area contributed by atoms with E-state index in [0.29, 0.717) is 35.8 Å². The van der Waals surface area contributed by atoms with Crippen LogP contribution in [0.1, 0.15) is 43.5 Å². The number of carbonyl (C=O) groups excluding carboxylic acids is 1. The quantitative estimate of drug-likeness (QED) is 0.479. The molecule has 0 unspecified atom stereocenters. The maximum Gasteiger partial charge on any atom is 0.416 e. The Morgan fingerprint density at radius 2 is 1.91 bits per heavy atom. The average Bonchev–Trinajstić information content (AvgIpc) is 3.04. The topological polar surface area (TPSA) is 60.3 Å². The number of fused-ring (bicyclic) bond motifs is 1. The number of hydrogen-bond acceptors (Lipinski definition) is 4. The van der Waals surface area contributed by atoms with Crippen LogP contribution < -0.4 is 0 Å². The van der Waals surface area contributed by atoms with E-state index >= 15 is 0 Å². The van der Waals surface area contributed by atoms with Crippen molar-refractivity contribution in [2.24, 2.45) is 0 Å². The number of likely N-dealkylation sites (tertiary alicyclic amines) is 1. The van der Waals surface area contributed by atoms with Crippen molar-refractivity contribution in [2.75, 3.05) is 13.1 Å². The summed E-state index contributed by atoms with van der Waals surface area (Å²) in [7, 11) is 0. The summed E-state index contributed by atoms with van der Waals surface area (Å²) in [6, 6.07) is 3.99. The minimum Gasteiger partial charge on any atom is -0.444 e. The van der Waals surface area contributed by atoms with Crippen molar-refractivity contribution in [3.8, 4) is 5.69 Å². The van der Waals surface area contributed by atoms with Gasteiger partial charge >= 0.3 is 12.3 Å². The monoisotopic (exact) mass is 462 g/mol. The molecule has 0 saturated carbocycles. The van der Waals surface area contributed by atoms with Crippen molar-refractivity contribution in [2.45, 2.75) is 38.5 Å². The fourth-order valence-electron chi connectivity index (χ4n) is 3.70. The van der Waals surface area contributed by atoms with Crippen LogP contribution in [0.15, 0.2) is 37.0 Å². The van der Waals surface area contributed by atoms with Crippen LogP contribution in [0.2, 0.25) is 0 Å². The largest absolute Gasteiger partial charge is 0.444 e. The van der Waals surface area contributed by atoms with Gasteiger partial charge in [0.25, 0.3) is 0 Å². The van der Waals surface area contributed by atoms with Crippen LogP contribution in [0.5, 0.6) is 0 Å². The first-order valence-corrected chi connectivity index (χ1v) is 10.2. The molecule has 3 aromatic rings. The Bertz CT molecular complexity index is 1240. The molecule has 1 aromatic carbocycles. The Hall–Kier alpha value is -3.43. The molecule has 1 aliphatic heterocycles. The van der Waals surface area contributed by atoms with Crippen molar-refractivity contribution in [1.82, 2.24) is 19.7 Å². The van der Waals surface area contributed by atoms with E-state index in [1.54, 1.807) is 32.9 Å². The maximum absolute atomic E-state index is 14.7. The molecule has 1 saturated heterocycles. The molecule has 0 atom stereocenters. The normalized spacial score (nSPS) is 14.9. The minimum absolute atomic E-state index is 0.156. The summed E-state index contributed by atoms with van der Waals surface area (Å²) in [5.74, 6) is -1.25. The summed E-state index contributed by atoms with van der Waals surface area (Å²) in [4.78, 5) is 18.1. The summed E-state index contributed by atoms with van der Waals surface area (Å²) in [6.45, 7) is 9.80. The van der Waals surface area contributed by atoms with E-state index in [0.717, 1.165) is 12.1 Å². The summed E-state index contributed by atoms with van der Waals surface area (Å²) in [5, 5.41) is 5.13. The Morgan fingerprint density at radius 1 is 1.21 bits per heavy atom. The highest BCUT2D eigenvalue weighted by molar-refractivity contribution is 5.89. The van der Waals surface area contributed by atoms with Crippen molar-refractivity contribution in [1.29, 1.82) is 0 Å². The van der Waals surface area contributed by atoms with Crippen LogP contribution in [0.4, 0.5) is 22.4 Å². The second-order valence-corrected chi connectivity index (χ2v) is 8.85. The average molecular weight is 462 g/mol. The lowest BCUT2D eigenvalue weighted by Gasteiger charge is -2.39. The Labute approximate surface area is 187 Å². The Kier molecular flexibility index (Phi) is 5.42. The third kappa shape index (κ3) is 4.29. The summed E-state index contributed by atoms with van der Waals surface area (Å²) < 4.78 is 60.2. The number of ether oxygens (including phenoxy) is 1. The molecule has 33 heavy (non-hydrogen) atoms. The van der Waals surface area contributed by atoms with Crippen LogP contribution in [-0.4, -0.2) is 44.4 Å². The van der Waals surface area contributed by atoms with Crippen molar-refractivity contribution in [3.63, 3.8) is 0 Å². The second kappa shape index (κ2) is 7.86. The zero-order chi connectivity index (χ0) is 24.1. The number of amides is 1. The lowest BCUT2D eigenvalue weighted by Crippen LogP contribution is -2.50. The first-order valence-electron chi connectivity index (χ1n) is 10.2. The molecule has 4 rings (SSSR count). The number of carbonyl (C=O) groups is 1. The van der Waals surface area contributed by atoms with E-state index in [1.165, 1.54) is 15.8 Å². The first kappa shape index (κ1) is 22.8. The number of aromatic nitrogens is 3. The molecule has 0 spiro atoms. The minimum atomic E-state index is -4.66. The van der Waals surface area contributed by atoms with Gasteiger partial charge in [0.1, 0.15) is 17.1 Å². The first-order chi connectivity index (χ1) is 15.4. The fraction of sp³-hybridized carbons (Fsp3) is 0.348. The van der Waals surface area contributed by atoms with Crippen molar-refractivity contribution >= 4 is 23.2 Å². The standard InChI is InChI=1S/C23H22F4N4O2/c1-5-13-8-9-28-20-18(13)19(14-11-30(12-14)21(32)33-22(2,3)4)29-31(20)17-7-6-15(10-16(17)24)23(25,26)27/h5-10,14H,1,11-12H2,2-4H3. The number of benzene rings is 1. The van der Waals surface area contributed by atoms with Gasteiger partial charge in [-0.05, 0) is 50.6 Å². The summed E-state index contributed by atoms with van der Waals surface area (Å²) in [5.41, 5.74) is -0.326. The van der Waals surface area contributed by atoms with Gasteiger partial charge in [0, 0.05) is 25.2 Å². The highest BCUT2D eigenvalue weighted by Gasteiger charge is 2.38. The zero-order valence-corrected chi connectivity index (χ0v) is 18.3. The van der Waals surface area contributed by atoms with Crippen molar-refractivity contribution in [3.05, 3.63) is 59.7 Å². The zero-order valence-electron chi connectivity index (χ0n) is 18.3. The number of pyridine rings is 1. The fourth-order valence-corrected chi connectivity index (χ4v) is 3.70.